The van der Waals surface area contributed by atoms with E-state index in [1.54, 1.807) is 16.9 Å². The van der Waals surface area contributed by atoms with Crippen LogP contribution in [0.15, 0.2) is 18.3 Å². The first-order valence-electron chi connectivity index (χ1n) is 7.67. The second-order valence-electron chi connectivity index (χ2n) is 5.57. The third kappa shape index (κ3) is 4.18. The Labute approximate surface area is 142 Å². The second-order valence-corrected chi connectivity index (χ2v) is 5.57. The lowest BCUT2D eigenvalue weighted by Gasteiger charge is -2.22. The van der Waals surface area contributed by atoms with Crippen LogP contribution in [0.4, 0.5) is 17.6 Å². The highest BCUT2D eigenvalue weighted by atomic mass is 19.3. The molecule has 138 valence electrons. The van der Waals surface area contributed by atoms with Crippen molar-refractivity contribution < 1.29 is 22.4 Å². The largest absolute Gasteiger partial charge is 0.338 e. The van der Waals surface area contributed by atoms with Gasteiger partial charge >= 0.3 is 0 Å². The first-order valence-corrected chi connectivity index (χ1v) is 7.67. The van der Waals surface area contributed by atoms with Crippen molar-refractivity contribution in [2.45, 2.75) is 45.8 Å². The summed E-state index contributed by atoms with van der Waals surface area (Å²) < 4.78 is 54.0. The molecule has 0 saturated heterocycles. The molecule has 0 aliphatic carbocycles. The van der Waals surface area contributed by atoms with Crippen LogP contribution in [-0.2, 0) is 17.9 Å². The third-order valence-corrected chi connectivity index (χ3v) is 3.75. The number of nitrogens with zero attached hydrogens (tertiary/aromatic N) is 5. The van der Waals surface area contributed by atoms with E-state index in [0.29, 0.717) is 23.0 Å². The van der Waals surface area contributed by atoms with Crippen LogP contribution >= 0.6 is 0 Å². The van der Waals surface area contributed by atoms with Crippen molar-refractivity contribution in [3.63, 3.8) is 0 Å². The number of halogens is 4. The standard InChI is InChI=1S/C15H19F4N5O/c1-4-23-6-5-10(20-23)8-22(3)15(25)9(2)24-12(14(18)19)7-11(21-24)13(16)17/h5-7,9,13-14H,4,8H2,1-3H3. The highest BCUT2D eigenvalue weighted by Gasteiger charge is 2.28. The molecule has 0 fully saturated rings. The molecule has 6 nitrogen and oxygen atoms in total. The maximum Gasteiger partial charge on any atom is 0.282 e. The number of hydrogen-bond donors (Lipinski definition) is 0. The summed E-state index contributed by atoms with van der Waals surface area (Å²) >= 11 is 0. The highest BCUT2D eigenvalue weighted by molar-refractivity contribution is 5.79. The highest BCUT2D eigenvalue weighted by Crippen LogP contribution is 2.28. The van der Waals surface area contributed by atoms with Gasteiger partial charge < -0.3 is 4.90 Å². The molecule has 2 heterocycles. The minimum atomic E-state index is -3.01. The van der Waals surface area contributed by atoms with Crippen molar-refractivity contribution in [3.05, 3.63) is 35.4 Å². The van der Waals surface area contributed by atoms with Gasteiger partial charge in [-0.1, -0.05) is 0 Å². The summed E-state index contributed by atoms with van der Waals surface area (Å²) in [5.74, 6) is -0.531. The van der Waals surface area contributed by atoms with Gasteiger partial charge in [0.05, 0.1) is 12.2 Å². The molecule has 0 bridgehead atoms. The zero-order valence-electron chi connectivity index (χ0n) is 14.0. The molecule has 0 aliphatic heterocycles. The quantitative estimate of drug-likeness (QED) is 0.712. The van der Waals surface area contributed by atoms with Crippen LogP contribution < -0.4 is 0 Å². The fraction of sp³-hybridized carbons (Fsp3) is 0.533. The first-order chi connectivity index (χ1) is 11.7. The predicted octanol–water partition coefficient (Wildman–Crippen LogP) is 3.19. The Morgan fingerprint density at radius 1 is 1.24 bits per heavy atom. The molecule has 10 heteroatoms. The van der Waals surface area contributed by atoms with E-state index < -0.39 is 36.2 Å². The molecule has 0 saturated carbocycles. The van der Waals surface area contributed by atoms with Crippen molar-refractivity contribution in [3.8, 4) is 0 Å². The van der Waals surface area contributed by atoms with E-state index in [0.717, 1.165) is 0 Å². The lowest BCUT2D eigenvalue weighted by molar-refractivity contribution is -0.134. The van der Waals surface area contributed by atoms with Gasteiger partial charge in [0.1, 0.15) is 17.4 Å². The summed E-state index contributed by atoms with van der Waals surface area (Å²) in [5, 5.41) is 7.72. The summed E-state index contributed by atoms with van der Waals surface area (Å²) in [6, 6.07) is 1.22. The minimum absolute atomic E-state index is 0.170. The van der Waals surface area contributed by atoms with E-state index in [4.69, 9.17) is 0 Å². The van der Waals surface area contributed by atoms with Gasteiger partial charge in [0, 0.05) is 19.8 Å². The second kappa shape index (κ2) is 7.66. The lowest BCUT2D eigenvalue weighted by atomic mass is 10.2. The third-order valence-electron chi connectivity index (χ3n) is 3.75. The summed E-state index contributed by atoms with van der Waals surface area (Å²) in [7, 11) is 1.49. The Bertz CT molecular complexity index is 727. The van der Waals surface area contributed by atoms with Crippen molar-refractivity contribution in [2.75, 3.05) is 7.05 Å². The fourth-order valence-electron chi connectivity index (χ4n) is 2.42. The monoisotopic (exact) mass is 361 g/mol. The summed E-state index contributed by atoms with van der Waals surface area (Å²) in [4.78, 5) is 13.8. The molecule has 0 aliphatic rings. The first kappa shape index (κ1) is 18.9. The predicted molar refractivity (Wildman–Crippen MR) is 81.2 cm³/mol. The van der Waals surface area contributed by atoms with Crippen molar-refractivity contribution in [1.82, 2.24) is 24.5 Å². The Hall–Kier alpha value is -2.39. The number of alkyl halides is 4. The van der Waals surface area contributed by atoms with Crippen LogP contribution in [0, 0.1) is 0 Å². The number of hydrogen-bond acceptors (Lipinski definition) is 3. The van der Waals surface area contributed by atoms with Crippen LogP contribution in [0.25, 0.3) is 0 Å². The summed E-state index contributed by atoms with van der Waals surface area (Å²) in [6.45, 7) is 4.11. The van der Waals surface area contributed by atoms with Crippen LogP contribution in [0.3, 0.4) is 0 Å². The Kier molecular flexibility index (Phi) is 5.81. The molecule has 1 unspecified atom stereocenters. The van der Waals surface area contributed by atoms with E-state index in [1.807, 2.05) is 6.92 Å². The molecule has 0 radical (unpaired) electrons. The van der Waals surface area contributed by atoms with Gasteiger partial charge in [-0.2, -0.15) is 10.2 Å². The van der Waals surface area contributed by atoms with Crippen molar-refractivity contribution in [1.29, 1.82) is 0 Å². The number of aromatic nitrogens is 4. The molecule has 0 N–H and O–H groups in total. The number of carbonyl (C=O) groups is 1. The number of amides is 1. The van der Waals surface area contributed by atoms with E-state index in [2.05, 4.69) is 10.2 Å². The van der Waals surface area contributed by atoms with Crippen LogP contribution in [0.5, 0.6) is 0 Å². The molecule has 1 amide bonds. The number of carbonyl (C=O) groups excluding carboxylic acids is 1. The average Bonchev–Trinajstić information content (AvgIpc) is 3.19. The summed E-state index contributed by atoms with van der Waals surface area (Å²) in [6.07, 6.45) is -4.24. The van der Waals surface area contributed by atoms with Gasteiger partial charge in [-0.05, 0) is 26.0 Å². The number of likely N-dealkylation sites (N-methyl/N-ethyl adjacent to an activating group) is 1. The van der Waals surface area contributed by atoms with Gasteiger partial charge in [0.25, 0.3) is 12.9 Å². The zero-order valence-corrected chi connectivity index (χ0v) is 14.0. The molecule has 0 aromatic carbocycles. The van der Waals surface area contributed by atoms with Gasteiger partial charge in [0.15, 0.2) is 0 Å². The smallest absolute Gasteiger partial charge is 0.282 e. The Morgan fingerprint density at radius 2 is 1.92 bits per heavy atom. The molecule has 2 aromatic rings. The number of rotatable bonds is 7. The van der Waals surface area contributed by atoms with Gasteiger partial charge in [-0.15, -0.1) is 0 Å². The molecule has 0 spiro atoms. The average molecular weight is 361 g/mol. The van der Waals surface area contributed by atoms with E-state index >= 15 is 0 Å². The van der Waals surface area contributed by atoms with Crippen molar-refractivity contribution in [2.24, 2.45) is 0 Å². The Morgan fingerprint density at radius 3 is 2.44 bits per heavy atom. The maximum absolute atomic E-state index is 13.1. The van der Waals surface area contributed by atoms with E-state index in [-0.39, 0.29) is 6.54 Å². The molecule has 1 atom stereocenters. The normalized spacial score (nSPS) is 12.8. The topological polar surface area (TPSA) is 56.0 Å². The Balaban J connectivity index is 2.18. The van der Waals surface area contributed by atoms with E-state index in [1.165, 1.54) is 18.9 Å². The molecular weight excluding hydrogens is 342 g/mol. The maximum atomic E-state index is 13.1. The minimum Gasteiger partial charge on any atom is -0.338 e. The fourth-order valence-corrected chi connectivity index (χ4v) is 2.42. The van der Waals surface area contributed by atoms with Gasteiger partial charge in [0.2, 0.25) is 5.91 Å². The SMILES string of the molecule is CCn1ccc(CN(C)C(=O)C(C)n2nc(C(F)F)cc2C(F)F)n1. The number of aryl methyl sites for hydroxylation is 1. The van der Waals surface area contributed by atoms with Crippen LogP contribution in [-0.4, -0.2) is 37.4 Å². The molecular formula is C15H19F4N5O. The van der Waals surface area contributed by atoms with Gasteiger partial charge in [-0.3, -0.25) is 14.2 Å². The lowest BCUT2D eigenvalue weighted by Crippen LogP contribution is -2.34. The summed E-state index contributed by atoms with van der Waals surface area (Å²) in [5.41, 5.74) is -0.855. The van der Waals surface area contributed by atoms with Gasteiger partial charge in [-0.25, -0.2) is 17.6 Å². The van der Waals surface area contributed by atoms with Crippen LogP contribution in [0.1, 0.15) is 49.8 Å². The molecule has 2 rings (SSSR count). The zero-order chi connectivity index (χ0) is 18.7. The van der Waals surface area contributed by atoms with E-state index in [9.17, 15) is 22.4 Å². The van der Waals surface area contributed by atoms with Crippen molar-refractivity contribution >= 4 is 5.91 Å². The molecule has 25 heavy (non-hydrogen) atoms. The van der Waals surface area contributed by atoms with Crippen LogP contribution in [0.2, 0.25) is 0 Å². The molecule has 2 aromatic heterocycles.